The molecule has 1 fully saturated rings. The highest BCUT2D eigenvalue weighted by molar-refractivity contribution is 5.62. The number of nitrogens with two attached hydrogens (primary N) is 1. The highest BCUT2D eigenvalue weighted by Crippen LogP contribution is 2.24. The predicted octanol–water partition coefficient (Wildman–Crippen LogP) is 1.67. The first-order valence-corrected chi connectivity index (χ1v) is 6.33. The third-order valence-electron chi connectivity index (χ3n) is 3.72. The molecule has 0 spiro atoms. The van der Waals surface area contributed by atoms with Crippen molar-refractivity contribution in [1.29, 1.82) is 5.26 Å². The van der Waals surface area contributed by atoms with Crippen LogP contribution in [-0.2, 0) is 0 Å². The Kier molecular flexibility index (Phi) is 3.73. The van der Waals surface area contributed by atoms with E-state index < -0.39 is 0 Å². The van der Waals surface area contributed by atoms with E-state index in [-0.39, 0.29) is 0 Å². The van der Waals surface area contributed by atoms with Gasteiger partial charge in [0.15, 0.2) is 0 Å². The van der Waals surface area contributed by atoms with Crippen LogP contribution in [-0.4, -0.2) is 38.1 Å². The van der Waals surface area contributed by atoms with Crippen molar-refractivity contribution in [2.24, 2.45) is 0 Å². The summed E-state index contributed by atoms with van der Waals surface area (Å²) in [6, 6.07) is 8.54. The first kappa shape index (κ1) is 12.7. The van der Waals surface area contributed by atoms with E-state index in [1.807, 2.05) is 18.2 Å². The number of nitrogen functional groups attached to an aromatic ring is 1. The molecule has 0 bridgehead atoms. The molecule has 0 radical (unpaired) electrons. The summed E-state index contributed by atoms with van der Waals surface area (Å²) in [6.45, 7) is 2.08. The zero-order valence-corrected chi connectivity index (χ0v) is 11.1. The molecule has 0 aromatic heterocycles. The van der Waals surface area contributed by atoms with Crippen LogP contribution in [0.5, 0.6) is 0 Å². The van der Waals surface area contributed by atoms with Gasteiger partial charge in [-0.2, -0.15) is 5.26 Å². The summed E-state index contributed by atoms with van der Waals surface area (Å²) in [5.41, 5.74) is 7.98. The van der Waals surface area contributed by atoms with Crippen molar-refractivity contribution >= 4 is 11.4 Å². The zero-order chi connectivity index (χ0) is 13.1. The third kappa shape index (κ3) is 2.57. The minimum Gasteiger partial charge on any atom is -0.398 e. The maximum atomic E-state index is 9.00. The van der Waals surface area contributed by atoms with Crippen molar-refractivity contribution in [3.8, 4) is 6.07 Å². The van der Waals surface area contributed by atoms with Crippen molar-refractivity contribution < 1.29 is 0 Å². The number of anilines is 2. The molecule has 1 aromatic carbocycles. The Morgan fingerprint density at radius 3 is 2.56 bits per heavy atom. The van der Waals surface area contributed by atoms with Gasteiger partial charge in [0.1, 0.15) is 6.07 Å². The SMILES string of the molecule is CN(C)C1CCN(c2ccc(N)c(C#N)c2)CC1. The van der Waals surface area contributed by atoms with E-state index in [0.717, 1.165) is 18.8 Å². The van der Waals surface area contributed by atoms with Gasteiger partial charge in [-0.1, -0.05) is 0 Å². The maximum absolute atomic E-state index is 9.00. The lowest BCUT2D eigenvalue weighted by Gasteiger charge is -2.36. The van der Waals surface area contributed by atoms with Crippen molar-refractivity contribution in [2.75, 3.05) is 37.8 Å². The summed E-state index contributed by atoms with van der Waals surface area (Å²) in [4.78, 5) is 4.63. The Morgan fingerprint density at radius 2 is 2.00 bits per heavy atom. The topological polar surface area (TPSA) is 56.3 Å². The zero-order valence-electron chi connectivity index (χ0n) is 11.1. The first-order valence-electron chi connectivity index (χ1n) is 6.33. The van der Waals surface area contributed by atoms with Gasteiger partial charge in [0.2, 0.25) is 0 Å². The summed E-state index contributed by atoms with van der Waals surface area (Å²) in [5, 5.41) is 9.00. The fraction of sp³-hybridized carbons (Fsp3) is 0.500. The number of nitrogens with zero attached hydrogens (tertiary/aromatic N) is 3. The molecule has 0 amide bonds. The lowest BCUT2D eigenvalue weighted by Crippen LogP contribution is -2.42. The van der Waals surface area contributed by atoms with Crippen LogP contribution >= 0.6 is 0 Å². The average Bonchev–Trinajstić information content (AvgIpc) is 2.39. The van der Waals surface area contributed by atoms with Crippen molar-refractivity contribution in [2.45, 2.75) is 18.9 Å². The summed E-state index contributed by atoms with van der Waals surface area (Å²) in [7, 11) is 4.27. The van der Waals surface area contributed by atoms with Crippen LogP contribution < -0.4 is 10.6 Å². The van der Waals surface area contributed by atoms with Crippen molar-refractivity contribution in [1.82, 2.24) is 4.90 Å². The molecular weight excluding hydrogens is 224 g/mol. The Hall–Kier alpha value is -1.73. The highest BCUT2D eigenvalue weighted by atomic mass is 15.2. The number of hydrogen-bond acceptors (Lipinski definition) is 4. The van der Waals surface area contributed by atoms with E-state index in [2.05, 4.69) is 30.0 Å². The molecular formula is C14H20N4. The van der Waals surface area contributed by atoms with Crippen LogP contribution in [0.4, 0.5) is 11.4 Å². The van der Waals surface area contributed by atoms with Crippen molar-refractivity contribution in [3.05, 3.63) is 23.8 Å². The summed E-state index contributed by atoms with van der Waals surface area (Å²) in [6.07, 6.45) is 2.33. The molecule has 96 valence electrons. The predicted molar refractivity (Wildman–Crippen MR) is 74.5 cm³/mol. The molecule has 0 aliphatic carbocycles. The lowest BCUT2D eigenvalue weighted by atomic mass is 10.0. The third-order valence-corrected chi connectivity index (χ3v) is 3.72. The molecule has 1 saturated heterocycles. The molecule has 4 heteroatoms. The van der Waals surface area contributed by atoms with E-state index >= 15 is 0 Å². The van der Waals surface area contributed by atoms with Crippen LogP contribution in [0.1, 0.15) is 18.4 Å². The van der Waals surface area contributed by atoms with Gasteiger partial charge in [0.25, 0.3) is 0 Å². The minimum absolute atomic E-state index is 0.560. The first-order chi connectivity index (χ1) is 8.61. The Morgan fingerprint density at radius 1 is 1.33 bits per heavy atom. The molecule has 0 saturated carbocycles. The molecule has 1 aliphatic heterocycles. The Balaban J connectivity index is 2.08. The largest absolute Gasteiger partial charge is 0.398 e. The summed E-state index contributed by atoms with van der Waals surface area (Å²) < 4.78 is 0. The molecule has 0 atom stereocenters. The second-order valence-electron chi connectivity index (χ2n) is 5.07. The normalized spacial score (nSPS) is 16.9. The number of piperidine rings is 1. The van der Waals surface area contributed by atoms with Crippen LogP contribution in [0.25, 0.3) is 0 Å². The molecule has 1 heterocycles. The van der Waals surface area contributed by atoms with Gasteiger partial charge in [-0.25, -0.2) is 0 Å². The van der Waals surface area contributed by atoms with E-state index in [1.165, 1.54) is 12.8 Å². The molecule has 1 aromatic rings. The Bertz CT molecular complexity index is 453. The van der Waals surface area contributed by atoms with Crippen LogP contribution in [0.2, 0.25) is 0 Å². The van der Waals surface area contributed by atoms with Crippen LogP contribution in [0.3, 0.4) is 0 Å². The number of rotatable bonds is 2. The number of nitriles is 1. The van der Waals surface area contributed by atoms with Crippen LogP contribution in [0.15, 0.2) is 18.2 Å². The van der Waals surface area contributed by atoms with Crippen LogP contribution in [0, 0.1) is 11.3 Å². The van der Waals surface area contributed by atoms with Gasteiger partial charge in [-0.15, -0.1) is 0 Å². The van der Waals surface area contributed by atoms with E-state index in [9.17, 15) is 0 Å². The van der Waals surface area contributed by atoms with Gasteiger partial charge >= 0.3 is 0 Å². The fourth-order valence-corrected chi connectivity index (χ4v) is 2.48. The maximum Gasteiger partial charge on any atom is 0.101 e. The standard InChI is InChI=1S/C14H20N4/c1-17(2)12-5-7-18(8-6-12)13-3-4-14(16)11(9-13)10-15/h3-4,9,12H,5-8,16H2,1-2H3. The lowest BCUT2D eigenvalue weighted by molar-refractivity contribution is 0.249. The van der Waals surface area contributed by atoms with E-state index in [4.69, 9.17) is 11.0 Å². The quantitative estimate of drug-likeness (QED) is 0.804. The van der Waals surface area contributed by atoms with Gasteiger partial charge in [-0.3, -0.25) is 0 Å². The molecule has 2 N–H and O–H groups in total. The molecule has 2 rings (SSSR count). The molecule has 4 nitrogen and oxygen atoms in total. The van der Waals surface area contributed by atoms with Gasteiger partial charge in [0.05, 0.1) is 5.56 Å². The monoisotopic (exact) mass is 244 g/mol. The smallest absolute Gasteiger partial charge is 0.101 e. The molecule has 1 aliphatic rings. The fourth-order valence-electron chi connectivity index (χ4n) is 2.48. The number of benzene rings is 1. The molecule has 18 heavy (non-hydrogen) atoms. The molecule has 0 unspecified atom stereocenters. The summed E-state index contributed by atoms with van der Waals surface area (Å²) in [5.74, 6) is 0. The van der Waals surface area contributed by atoms with Crippen molar-refractivity contribution in [3.63, 3.8) is 0 Å². The van der Waals surface area contributed by atoms with E-state index in [1.54, 1.807) is 0 Å². The Labute approximate surface area is 109 Å². The van der Waals surface area contributed by atoms with Gasteiger partial charge in [0, 0.05) is 30.5 Å². The second-order valence-corrected chi connectivity index (χ2v) is 5.07. The van der Waals surface area contributed by atoms with Gasteiger partial charge in [-0.05, 0) is 45.1 Å². The average molecular weight is 244 g/mol. The highest BCUT2D eigenvalue weighted by Gasteiger charge is 2.20. The second kappa shape index (κ2) is 5.28. The van der Waals surface area contributed by atoms with E-state index in [0.29, 0.717) is 17.3 Å². The minimum atomic E-state index is 0.560. The summed E-state index contributed by atoms with van der Waals surface area (Å²) >= 11 is 0. The van der Waals surface area contributed by atoms with Gasteiger partial charge < -0.3 is 15.5 Å². The number of hydrogen-bond donors (Lipinski definition) is 1.